The predicted octanol–water partition coefficient (Wildman–Crippen LogP) is 0.555. The van der Waals surface area contributed by atoms with Gasteiger partial charge in [0.2, 0.25) is 0 Å². The Morgan fingerprint density at radius 3 is 2.76 bits per heavy atom. The van der Waals surface area contributed by atoms with Crippen molar-refractivity contribution >= 4 is 9.84 Å². The van der Waals surface area contributed by atoms with Crippen molar-refractivity contribution in [3.63, 3.8) is 0 Å². The van der Waals surface area contributed by atoms with Crippen molar-refractivity contribution in [3.05, 3.63) is 29.8 Å². The quantitative estimate of drug-likeness (QED) is 0.831. The van der Waals surface area contributed by atoms with Gasteiger partial charge in [-0.1, -0.05) is 12.1 Å². The van der Waals surface area contributed by atoms with Gasteiger partial charge in [-0.25, -0.2) is 8.42 Å². The molecule has 1 aromatic rings. The first kappa shape index (κ1) is 16.4. The van der Waals surface area contributed by atoms with Crippen molar-refractivity contribution < 1.29 is 8.42 Å². The van der Waals surface area contributed by atoms with Crippen LogP contribution in [0.2, 0.25) is 0 Å². The summed E-state index contributed by atoms with van der Waals surface area (Å²) in [6.45, 7) is 2.88. The number of nitrogens with two attached hydrogens (primary N) is 1. The van der Waals surface area contributed by atoms with Crippen LogP contribution in [0.25, 0.3) is 0 Å². The Morgan fingerprint density at radius 2 is 2.14 bits per heavy atom. The Morgan fingerprint density at radius 1 is 1.38 bits per heavy atom. The molecular formula is C15H25N3O2S. The van der Waals surface area contributed by atoms with E-state index in [4.69, 9.17) is 5.73 Å². The summed E-state index contributed by atoms with van der Waals surface area (Å²) in [4.78, 5) is 4.82. The first-order valence-electron chi connectivity index (χ1n) is 7.33. The summed E-state index contributed by atoms with van der Waals surface area (Å²) in [6.07, 6.45) is 1.11. The van der Waals surface area contributed by atoms with Crippen LogP contribution >= 0.6 is 0 Å². The fourth-order valence-electron chi connectivity index (χ4n) is 2.67. The van der Waals surface area contributed by atoms with Gasteiger partial charge in [-0.05, 0) is 44.8 Å². The molecule has 0 spiro atoms. The summed E-state index contributed by atoms with van der Waals surface area (Å²) in [6, 6.07) is 7.48. The second-order valence-electron chi connectivity index (χ2n) is 5.88. The van der Waals surface area contributed by atoms with Crippen LogP contribution in [-0.4, -0.2) is 63.7 Å². The summed E-state index contributed by atoms with van der Waals surface area (Å²) < 4.78 is 24.8. The van der Waals surface area contributed by atoms with Gasteiger partial charge in [0.25, 0.3) is 0 Å². The highest BCUT2D eigenvalue weighted by Crippen LogP contribution is 2.16. The highest BCUT2D eigenvalue weighted by atomic mass is 32.2. The molecule has 0 saturated carbocycles. The largest absolute Gasteiger partial charge is 0.326 e. The summed E-state index contributed by atoms with van der Waals surface area (Å²) in [7, 11) is 0.916. The number of likely N-dealkylation sites (tertiary alicyclic amines) is 1. The molecule has 118 valence electrons. The lowest BCUT2D eigenvalue weighted by molar-refractivity contribution is 0.275. The highest BCUT2D eigenvalue weighted by Gasteiger charge is 2.25. The molecule has 2 rings (SSSR count). The van der Waals surface area contributed by atoms with Crippen LogP contribution in [0, 0.1) is 0 Å². The smallest absolute Gasteiger partial charge is 0.179 e. The lowest BCUT2D eigenvalue weighted by Crippen LogP contribution is -2.33. The molecule has 0 radical (unpaired) electrons. The number of benzene rings is 1. The molecule has 1 aliphatic heterocycles. The van der Waals surface area contributed by atoms with Crippen LogP contribution in [0.1, 0.15) is 12.0 Å². The molecule has 1 fully saturated rings. The molecule has 1 heterocycles. The van der Waals surface area contributed by atoms with Crippen LogP contribution in [-0.2, 0) is 16.4 Å². The Balaban J connectivity index is 1.95. The van der Waals surface area contributed by atoms with E-state index in [1.54, 1.807) is 18.2 Å². The van der Waals surface area contributed by atoms with Gasteiger partial charge < -0.3 is 15.5 Å². The zero-order chi connectivity index (χ0) is 15.5. The van der Waals surface area contributed by atoms with E-state index in [9.17, 15) is 8.42 Å². The van der Waals surface area contributed by atoms with E-state index in [0.29, 0.717) is 24.0 Å². The molecule has 0 bridgehead atoms. The van der Waals surface area contributed by atoms with Gasteiger partial charge in [0, 0.05) is 25.7 Å². The minimum absolute atomic E-state index is 0.168. The van der Waals surface area contributed by atoms with Gasteiger partial charge in [-0.3, -0.25) is 0 Å². The average molecular weight is 311 g/mol. The van der Waals surface area contributed by atoms with E-state index in [1.165, 1.54) is 0 Å². The molecule has 1 aliphatic rings. The molecular weight excluding hydrogens is 286 g/mol. The fourth-order valence-corrected chi connectivity index (χ4v) is 4.02. The van der Waals surface area contributed by atoms with Crippen molar-refractivity contribution in [1.29, 1.82) is 0 Å². The maximum absolute atomic E-state index is 12.4. The first-order chi connectivity index (χ1) is 9.92. The molecule has 0 amide bonds. The van der Waals surface area contributed by atoms with E-state index in [2.05, 4.69) is 23.9 Å². The maximum atomic E-state index is 12.4. The molecule has 2 N–H and O–H groups in total. The van der Waals surface area contributed by atoms with Gasteiger partial charge in [0.05, 0.1) is 10.6 Å². The van der Waals surface area contributed by atoms with Crippen LogP contribution in [0.15, 0.2) is 29.2 Å². The fraction of sp³-hybridized carbons (Fsp3) is 0.600. The van der Waals surface area contributed by atoms with Gasteiger partial charge in [0.15, 0.2) is 9.84 Å². The Bertz CT molecular complexity index is 572. The number of hydrogen-bond acceptors (Lipinski definition) is 5. The predicted molar refractivity (Wildman–Crippen MR) is 84.9 cm³/mol. The van der Waals surface area contributed by atoms with Gasteiger partial charge in [-0.2, -0.15) is 0 Å². The van der Waals surface area contributed by atoms with Crippen LogP contribution in [0.3, 0.4) is 0 Å². The van der Waals surface area contributed by atoms with Crippen LogP contribution < -0.4 is 5.73 Å². The summed E-state index contributed by atoms with van der Waals surface area (Å²) in [5.74, 6) is 0.168. The zero-order valence-electron chi connectivity index (χ0n) is 12.8. The third-order valence-corrected chi connectivity index (χ3v) is 5.84. The second-order valence-corrected chi connectivity index (χ2v) is 7.99. The van der Waals surface area contributed by atoms with E-state index in [0.717, 1.165) is 25.1 Å². The number of likely N-dealkylation sites (N-methyl/N-ethyl adjacent to an activating group) is 1. The normalized spacial score (nSPS) is 20.3. The molecule has 1 saturated heterocycles. The van der Waals surface area contributed by atoms with Crippen molar-refractivity contribution in [2.24, 2.45) is 5.73 Å². The Kier molecular flexibility index (Phi) is 5.37. The topological polar surface area (TPSA) is 66.6 Å². The zero-order valence-corrected chi connectivity index (χ0v) is 13.6. The van der Waals surface area contributed by atoms with E-state index < -0.39 is 9.84 Å². The maximum Gasteiger partial charge on any atom is 0.179 e. The Labute approximate surface area is 127 Å². The standard InChI is InChI=1S/C15H25N3O2S/c1-17(2)14-6-7-18(12-14)8-9-21(19,20)15-5-3-4-13(10-15)11-16/h3-5,10,14H,6-9,11-12,16H2,1-2H3. The monoisotopic (exact) mass is 311 g/mol. The minimum atomic E-state index is -3.23. The molecule has 1 unspecified atom stereocenters. The molecule has 0 aromatic heterocycles. The summed E-state index contributed by atoms with van der Waals surface area (Å²) in [5, 5.41) is 0. The lowest BCUT2D eigenvalue weighted by atomic mass is 10.2. The third-order valence-electron chi connectivity index (χ3n) is 4.15. The SMILES string of the molecule is CN(C)C1CCN(CCS(=O)(=O)c2cccc(CN)c2)C1. The molecule has 21 heavy (non-hydrogen) atoms. The second kappa shape index (κ2) is 6.87. The average Bonchev–Trinajstić information content (AvgIpc) is 2.94. The van der Waals surface area contributed by atoms with Crippen molar-refractivity contribution in [2.75, 3.05) is 39.5 Å². The van der Waals surface area contributed by atoms with Crippen LogP contribution in [0.4, 0.5) is 0 Å². The molecule has 5 nitrogen and oxygen atoms in total. The molecule has 1 atom stereocenters. The number of sulfone groups is 1. The van der Waals surface area contributed by atoms with Gasteiger partial charge >= 0.3 is 0 Å². The molecule has 1 aromatic carbocycles. The number of hydrogen-bond donors (Lipinski definition) is 1. The van der Waals surface area contributed by atoms with Crippen molar-refractivity contribution in [1.82, 2.24) is 9.80 Å². The first-order valence-corrected chi connectivity index (χ1v) is 8.98. The van der Waals surface area contributed by atoms with Crippen molar-refractivity contribution in [3.8, 4) is 0 Å². The van der Waals surface area contributed by atoms with Gasteiger partial charge in [-0.15, -0.1) is 0 Å². The minimum Gasteiger partial charge on any atom is -0.326 e. The highest BCUT2D eigenvalue weighted by molar-refractivity contribution is 7.91. The lowest BCUT2D eigenvalue weighted by Gasteiger charge is -2.20. The number of nitrogens with zero attached hydrogens (tertiary/aromatic N) is 2. The summed E-state index contributed by atoms with van der Waals surface area (Å²) in [5.41, 5.74) is 6.42. The molecule has 0 aliphatic carbocycles. The van der Waals surface area contributed by atoms with Crippen LogP contribution in [0.5, 0.6) is 0 Å². The van der Waals surface area contributed by atoms with Crippen molar-refractivity contribution in [2.45, 2.75) is 23.9 Å². The summed E-state index contributed by atoms with van der Waals surface area (Å²) >= 11 is 0. The third kappa shape index (κ3) is 4.26. The Hall–Kier alpha value is -0.950. The molecule has 6 heteroatoms. The van der Waals surface area contributed by atoms with E-state index >= 15 is 0 Å². The van der Waals surface area contributed by atoms with Gasteiger partial charge in [0.1, 0.15) is 0 Å². The number of rotatable bonds is 6. The van der Waals surface area contributed by atoms with E-state index in [1.807, 2.05) is 6.07 Å². The van der Waals surface area contributed by atoms with E-state index in [-0.39, 0.29) is 5.75 Å².